The molecular formula is C23H27N3OS. The molecule has 0 radical (unpaired) electrons. The van der Waals surface area contributed by atoms with Crippen molar-refractivity contribution in [1.82, 2.24) is 15.2 Å². The first-order valence-electron chi connectivity index (χ1n) is 10.1. The third-order valence-electron chi connectivity index (χ3n) is 5.77. The molecular weight excluding hydrogens is 366 g/mol. The van der Waals surface area contributed by atoms with Gasteiger partial charge in [-0.25, -0.2) is 4.98 Å². The first-order valence-corrected chi connectivity index (χ1v) is 10.9. The Labute approximate surface area is 170 Å². The van der Waals surface area contributed by atoms with Crippen LogP contribution in [-0.2, 0) is 4.79 Å². The highest BCUT2D eigenvalue weighted by atomic mass is 32.1. The molecule has 2 aromatic carbocycles. The Kier molecular flexibility index (Phi) is 5.74. The molecule has 0 unspecified atom stereocenters. The number of piperidine rings is 1. The number of thiazole rings is 1. The molecule has 28 heavy (non-hydrogen) atoms. The third-order valence-corrected chi connectivity index (χ3v) is 6.97. The van der Waals surface area contributed by atoms with Gasteiger partial charge >= 0.3 is 0 Å². The molecule has 0 aliphatic carbocycles. The van der Waals surface area contributed by atoms with Gasteiger partial charge in [-0.3, -0.25) is 9.69 Å². The van der Waals surface area contributed by atoms with Crippen molar-refractivity contribution < 1.29 is 4.79 Å². The normalized spacial score (nSPS) is 18.1. The Morgan fingerprint density at radius 2 is 1.75 bits per heavy atom. The maximum Gasteiger partial charge on any atom is 0.237 e. The van der Waals surface area contributed by atoms with E-state index in [-0.39, 0.29) is 18.0 Å². The topological polar surface area (TPSA) is 45.2 Å². The number of aromatic nitrogens is 1. The number of rotatable bonds is 5. The van der Waals surface area contributed by atoms with Crippen LogP contribution in [0.4, 0.5) is 0 Å². The van der Waals surface area contributed by atoms with E-state index in [4.69, 9.17) is 4.98 Å². The maximum absolute atomic E-state index is 12.7. The fourth-order valence-corrected chi connectivity index (χ4v) is 5.06. The van der Waals surface area contributed by atoms with Crippen LogP contribution in [0, 0.1) is 0 Å². The van der Waals surface area contributed by atoms with Crippen LogP contribution in [0.5, 0.6) is 0 Å². The van der Waals surface area contributed by atoms with Crippen LogP contribution in [0.2, 0.25) is 0 Å². The van der Waals surface area contributed by atoms with E-state index in [0.717, 1.165) is 37.0 Å². The van der Waals surface area contributed by atoms with E-state index in [0.29, 0.717) is 5.92 Å². The van der Waals surface area contributed by atoms with Crippen molar-refractivity contribution in [2.45, 2.75) is 44.7 Å². The van der Waals surface area contributed by atoms with E-state index in [1.807, 2.05) is 49.4 Å². The largest absolute Gasteiger partial charge is 0.348 e. The molecule has 2 atom stereocenters. The predicted molar refractivity (Wildman–Crippen MR) is 116 cm³/mol. The van der Waals surface area contributed by atoms with E-state index in [2.05, 4.69) is 40.5 Å². The van der Waals surface area contributed by atoms with Crippen molar-refractivity contribution in [3.8, 4) is 0 Å². The minimum atomic E-state index is -0.109. The zero-order valence-electron chi connectivity index (χ0n) is 16.5. The predicted octanol–water partition coefficient (Wildman–Crippen LogP) is 4.74. The standard InChI is InChI=1S/C23H27N3OS/c1-16(18-8-4-3-5-9-18)24-22(27)17(2)26-14-12-19(13-15-26)23-25-20-10-6-7-11-21(20)28-23/h3-11,16-17,19H,12-15H2,1-2H3,(H,24,27)/t16-,17+/m0/s1. The molecule has 5 heteroatoms. The summed E-state index contributed by atoms with van der Waals surface area (Å²) in [5.74, 6) is 0.613. The van der Waals surface area contributed by atoms with Crippen LogP contribution in [0.3, 0.4) is 0 Å². The molecule has 2 heterocycles. The number of hydrogen-bond donors (Lipinski definition) is 1. The molecule has 1 aliphatic rings. The van der Waals surface area contributed by atoms with Gasteiger partial charge in [-0.05, 0) is 57.5 Å². The lowest BCUT2D eigenvalue weighted by atomic mass is 9.96. The summed E-state index contributed by atoms with van der Waals surface area (Å²) < 4.78 is 1.27. The van der Waals surface area contributed by atoms with E-state index in [1.54, 1.807) is 0 Å². The summed E-state index contributed by atoms with van der Waals surface area (Å²) in [7, 11) is 0. The van der Waals surface area contributed by atoms with Gasteiger partial charge in [0.15, 0.2) is 0 Å². The molecule has 0 saturated carbocycles. The fraction of sp³-hybridized carbons (Fsp3) is 0.391. The Hall–Kier alpha value is -2.24. The number of fused-ring (bicyclic) bond motifs is 1. The highest BCUT2D eigenvalue weighted by molar-refractivity contribution is 7.18. The summed E-state index contributed by atoms with van der Waals surface area (Å²) in [5.41, 5.74) is 2.24. The SMILES string of the molecule is C[C@H](NC(=O)[C@@H](C)N1CCC(c2nc3ccccc3s2)CC1)c1ccccc1. The van der Waals surface area contributed by atoms with Gasteiger partial charge in [-0.15, -0.1) is 11.3 Å². The number of likely N-dealkylation sites (tertiary alicyclic amines) is 1. The van der Waals surface area contributed by atoms with Crippen molar-refractivity contribution in [2.75, 3.05) is 13.1 Å². The molecule has 0 bridgehead atoms. The average Bonchev–Trinajstić information content (AvgIpc) is 3.18. The number of benzene rings is 2. The number of nitrogens with zero attached hydrogens (tertiary/aromatic N) is 2. The molecule has 1 aliphatic heterocycles. The summed E-state index contributed by atoms with van der Waals surface area (Å²) in [6.45, 7) is 5.94. The maximum atomic E-state index is 12.7. The first kappa shape index (κ1) is 19.1. The van der Waals surface area contributed by atoms with Crippen molar-refractivity contribution in [2.24, 2.45) is 0 Å². The van der Waals surface area contributed by atoms with Crippen LogP contribution in [0.25, 0.3) is 10.2 Å². The molecule has 1 aromatic heterocycles. The van der Waals surface area contributed by atoms with Crippen LogP contribution >= 0.6 is 11.3 Å². The Morgan fingerprint density at radius 1 is 1.07 bits per heavy atom. The second-order valence-corrected chi connectivity index (χ2v) is 8.71. The van der Waals surface area contributed by atoms with Crippen molar-refractivity contribution in [3.63, 3.8) is 0 Å². The molecule has 1 saturated heterocycles. The highest BCUT2D eigenvalue weighted by Gasteiger charge is 2.29. The number of carbonyl (C=O) groups excluding carboxylic acids is 1. The first-order chi connectivity index (χ1) is 13.6. The van der Waals surface area contributed by atoms with E-state index >= 15 is 0 Å². The monoisotopic (exact) mass is 393 g/mol. The summed E-state index contributed by atoms with van der Waals surface area (Å²) >= 11 is 1.82. The summed E-state index contributed by atoms with van der Waals surface area (Å²) in [6.07, 6.45) is 2.12. The Bertz CT molecular complexity index is 898. The Morgan fingerprint density at radius 3 is 2.46 bits per heavy atom. The molecule has 4 nitrogen and oxygen atoms in total. The number of nitrogens with one attached hydrogen (secondary N) is 1. The lowest BCUT2D eigenvalue weighted by Gasteiger charge is -2.35. The molecule has 1 amide bonds. The summed E-state index contributed by atoms with van der Waals surface area (Å²) in [4.78, 5) is 19.9. The van der Waals surface area contributed by atoms with Crippen LogP contribution in [0.1, 0.15) is 49.2 Å². The molecule has 3 aromatic rings. The van der Waals surface area contributed by atoms with E-state index in [9.17, 15) is 4.79 Å². The summed E-state index contributed by atoms with van der Waals surface area (Å²) in [5, 5.41) is 4.41. The van der Waals surface area contributed by atoms with Crippen LogP contribution < -0.4 is 5.32 Å². The quantitative estimate of drug-likeness (QED) is 0.681. The summed E-state index contributed by atoms with van der Waals surface area (Å²) in [6, 6.07) is 18.4. The fourth-order valence-electron chi connectivity index (χ4n) is 3.92. The van der Waals surface area contributed by atoms with Crippen molar-refractivity contribution >= 4 is 27.5 Å². The average molecular weight is 394 g/mol. The number of carbonyl (C=O) groups is 1. The number of hydrogen-bond acceptors (Lipinski definition) is 4. The van der Waals surface area contributed by atoms with Crippen molar-refractivity contribution in [1.29, 1.82) is 0 Å². The van der Waals surface area contributed by atoms with Gasteiger partial charge in [0, 0.05) is 5.92 Å². The lowest BCUT2D eigenvalue weighted by Crippen LogP contribution is -2.48. The second-order valence-electron chi connectivity index (χ2n) is 7.65. The van der Waals surface area contributed by atoms with Gasteiger partial charge in [-0.2, -0.15) is 0 Å². The number of para-hydroxylation sites is 1. The van der Waals surface area contributed by atoms with Gasteiger partial charge in [-0.1, -0.05) is 42.5 Å². The third kappa shape index (κ3) is 4.10. The van der Waals surface area contributed by atoms with E-state index < -0.39 is 0 Å². The minimum absolute atomic E-state index is 0.0245. The highest BCUT2D eigenvalue weighted by Crippen LogP contribution is 2.34. The van der Waals surface area contributed by atoms with Crippen LogP contribution in [0.15, 0.2) is 54.6 Å². The van der Waals surface area contributed by atoms with Gasteiger partial charge in [0.2, 0.25) is 5.91 Å². The van der Waals surface area contributed by atoms with Gasteiger partial charge in [0.25, 0.3) is 0 Å². The van der Waals surface area contributed by atoms with E-state index in [1.165, 1.54) is 9.71 Å². The molecule has 4 rings (SSSR count). The molecule has 1 fully saturated rings. The van der Waals surface area contributed by atoms with Crippen molar-refractivity contribution in [3.05, 3.63) is 65.2 Å². The van der Waals surface area contributed by atoms with Crippen LogP contribution in [-0.4, -0.2) is 34.9 Å². The molecule has 146 valence electrons. The lowest BCUT2D eigenvalue weighted by molar-refractivity contribution is -0.127. The number of amides is 1. The van der Waals surface area contributed by atoms with Gasteiger partial charge < -0.3 is 5.32 Å². The van der Waals surface area contributed by atoms with Gasteiger partial charge in [0.05, 0.1) is 27.3 Å². The van der Waals surface area contributed by atoms with Gasteiger partial charge in [0.1, 0.15) is 0 Å². The zero-order chi connectivity index (χ0) is 19.5. The smallest absolute Gasteiger partial charge is 0.237 e. The zero-order valence-corrected chi connectivity index (χ0v) is 17.3. The second kappa shape index (κ2) is 8.41. The molecule has 0 spiro atoms. The Balaban J connectivity index is 1.33. The molecule has 1 N–H and O–H groups in total. The minimum Gasteiger partial charge on any atom is -0.348 e.